The van der Waals surface area contributed by atoms with Crippen LogP contribution in [0.25, 0.3) is 10.2 Å². The average Bonchev–Trinajstić information content (AvgIpc) is 3.29. The minimum absolute atomic E-state index is 0.0284. The van der Waals surface area contributed by atoms with E-state index in [9.17, 15) is 14.4 Å². The summed E-state index contributed by atoms with van der Waals surface area (Å²) in [5.74, 6) is -0.951. The molecule has 32 heavy (non-hydrogen) atoms. The molecule has 1 atom stereocenters. The van der Waals surface area contributed by atoms with Gasteiger partial charge in [-0.15, -0.1) is 11.3 Å². The first-order chi connectivity index (χ1) is 15.5. The van der Waals surface area contributed by atoms with Crippen molar-refractivity contribution in [2.75, 3.05) is 23.3 Å². The topological polar surface area (TPSA) is 93.5 Å². The van der Waals surface area contributed by atoms with Gasteiger partial charge in [-0.05, 0) is 61.9 Å². The number of amides is 1. The molecule has 1 fully saturated rings. The molecule has 9 heteroatoms. The van der Waals surface area contributed by atoms with E-state index >= 15 is 0 Å². The number of benzene rings is 1. The summed E-state index contributed by atoms with van der Waals surface area (Å²) < 4.78 is 6.62. The van der Waals surface area contributed by atoms with Crippen molar-refractivity contribution >= 4 is 44.8 Å². The van der Waals surface area contributed by atoms with E-state index in [1.165, 1.54) is 48.4 Å². The molecule has 3 aromatic rings. The molecule has 1 aliphatic heterocycles. The number of hydrogen-bond acceptors (Lipinski definition) is 7. The first-order valence-electron chi connectivity index (χ1n) is 10.8. The van der Waals surface area contributed by atoms with Gasteiger partial charge in [0.1, 0.15) is 4.83 Å². The number of nitrogens with zero attached hydrogens (tertiary/aromatic N) is 3. The highest BCUT2D eigenvalue weighted by Gasteiger charge is 2.19. The van der Waals surface area contributed by atoms with Gasteiger partial charge in [-0.1, -0.05) is 0 Å². The number of piperidine rings is 1. The average molecular weight is 455 g/mol. The molecule has 1 aromatic carbocycles. The Balaban J connectivity index is 1.26. The first-order valence-corrected chi connectivity index (χ1v) is 11.7. The first kappa shape index (κ1) is 22.0. The number of rotatable bonds is 7. The smallest absolute Gasteiger partial charge is 0.308 e. The Morgan fingerprint density at radius 3 is 2.66 bits per heavy atom. The van der Waals surface area contributed by atoms with Gasteiger partial charge in [0.25, 0.3) is 11.5 Å². The van der Waals surface area contributed by atoms with Crippen molar-refractivity contribution in [2.24, 2.45) is 0 Å². The van der Waals surface area contributed by atoms with Gasteiger partial charge in [-0.3, -0.25) is 19.0 Å². The molecule has 0 bridgehead atoms. The zero-order valence-corrected chi connectivity index (χ0v) is 18.8. The highest BCUT2D eigenvalue weighted by atomic mass is 32.1. The van der Waals surface area contributed by atoms with Crippen molar-refractivity contribution in [3.8, 4) is 0 Å². The van der Waals surface area contributed by atoms with E-state index in [0.717, 1.165) is 18.8 Å². The van der Waals surface area contributed by atoms with Crippen molar-refractivity contribution in [2.45, 2.75) is 45.3 Å². The molecule has 1 N–H and O–H groups in total. The molecule has 0 unspecified atom stereocenters. The number of anilines is 2. The maximum absolute atomic E-state index is 12.4. The summed E-state index contributed by atoms with van der Waals surface area (Å²) in [5, 5.41) is 5.12. The van der Waals surface area contributed by atoms with Crippen LogP contribution in [0.1, 0.15) is 32.6 Å². The highest BCUT2D eigenvalue weighted by molar-refractivity contribution is 7.16. The van der Waals surface area contributed by atoms with Gasteiger partial charge < -0.3 is 15.0 Å². The lowest BCUT2D eigenvalue weighted by atomic mass is 10.1. The SMILES string of the molecule is C[C@@H](OC(=O)CCn1cnc2sccc2c1=O)C(=O)Nc1ccc(N2CCCCC2)cc1. The molecule has 168 valence electrons. The van der Waals surface area contributed by atoms with E-state index < -0.39 is 18.0 Å². The predicted octanol–water partition coefficient (Wildman–Crippen LogP) is 3.41. The number of esters is 1. The normalized spacial score (nSPS) is 14.8. The highest BCUT2D eigenvalue weighted by Crippen LogP contribution is 2.22. The molecule has 0 radical (unpaired) electrons. The van der Waals surface area contributed by atoms with E-state index in [0.29, 0.717) is 15.9 Å². The third-order valence-corrected chi connectivity index (χ3v) is 6.36. The maximum Gasteiger partial charge on any atom is 0.308 e. The minimum Gasteiger partial charge on any atom is -0.452 e. The Kier molecular flexibility index (Phi) is 6.84. The Labute approximate surface area is 189 Å². The summed E-state index contributed by atoms with van der Waals surface area (Å²) in [6.07, 6.45) is 4.14. The van der Waals surface area contributed by atoms with Crippen molar-refractivity contribution in [3.05, 3.63) is 52.4 Å². The lowest BCUT2D eigenvalue weighted by Gasteiger charge is -2.28. The number of thiophene rings is 1. The van der Waals surface area contributed by atoms with Crippen LogP contribution in [0.15, 0.2) is 46.8 Å². The van der Waals surface area contributed by atoms with E-state index in [1.54, 1.807) is 11.4 Å². The molecule has 0 aliphatic carbocycles. The number of aryl methyl sites for hydroxylation is 1. The molecule has 0 spiro atoms. The molecule has 1 amide bonds. The Morgan fingerprint density at radius 1 is 1.16 bits per heavy atom. The lowest BCUT2D eigenvalue weighted by molar-refractivity contribution is -0.153. The fraction of sp³-hybridized carbons (Fsp3) is 0.391. The van der Waals surface area contributed by atoms with Crippen molar-refractivity contribution in [1.82, 2.24) is 9.55 Å². The van der Waals surface area contributed by atoms with Crippen LogP contribution in [0, 0.1) is 0 Å². The van der Waals surface area contributed by atoms with Crippen LogP contribution in [0.4, 0.5) is 11.4 Å². The van der Waals surface area contributed by atoms with E-state index in [4.69, 9.17) is 4.74 Å². The molecule has 3 heterocycles. The van der Waals surface area contributed by atoms with Crippen molar-refractivity contribution < 1.29 is 14.3 Å². The molecule has 1 aliphatic rings. The largest absolute Gasteiger partial charge is 0.452 e. The zero-order chi connectivity index (χ0) is 22.5. The number of hydrogen-bond donors (Lipinski definition) is 1. The second kappa shape index (κ2) is 9.95. The van der Waals surface area contributed by atoms with Crippen LogP contribution in [-0.2, 0) is 20.9 Å². The number of aromatic nitrogens is 2. The van der Waals surface area contributed by atoms with E-state index in [1.807, 2.05) is 24.3 Å². The third-order valence-electron chi connectivity index (χ3n) is 5.54. The molecule has 0 saturated carbocycles. The molecule has 4 rings (SSSR count). The van der Waals surface area contributed by atoms with Crippen LogP contribution in [0.3, 0.4) is 0 Å². The van der Waals surface area contributed by atoms with Crippen LogP contribution in [0.2, 0.25) is 0 Å². The molecular formula is C23H26N4O4S. The third kappa shape index (κ3) is 5.16. The van der Waals surface area contributed by atoms with E-state index in [2.05, 4.69) is 15.2 Å². The van der Waals surface area contributed by atoms with Crippen molar-refractivity contribution in [1.29, 1.82) is 0 Å². The second-order valence-corrected chi connectivity index (χ2v) is 8.74. The van der Waals surface area contributed by atoms with Gasteiger partial charge in [0, 0.05) is 31.0 Å². The number of ether oxygens (including phenoxy) is 1. The summed E-state index contributed by atoms with van der Waals surface area (Å²) in [6, 6.07) is 9.42. The molecule has 8 nitrogen and oxygen atoms in total. The number of nitrogens with one attached hydrogen (secondary N) is 1. The quantitative estimate of drug-likeness (QED) is 0.550. The van der Waals surface area contributed by atoms with Gasteiger partial charge in [-0.2, -0.15) is 0 Å². The standard InChI is InChI=1S/C23H26N4O4S/c1-16(21(29)25-17-5-7-18(8-6-17)26-11-3-2-4-12-26)31-20(28)9-13-27-15-24-22-19(23(27)30)10-14-32-22/h5-8,10,14-16H,2-4,9,11-13H2,1H3,(H,25,29)/t16-/m1/s1. The number of carbonyl (C=O) groups is 2. The van der Waals surface area contributed by atoms with Gasteiger partial charge in [-0.25, -0.2) is 4.98 Å². The fourth-order valence-corrected chi connectivity index (χ4v) is 4.45. The second-order valence-electron chi connectivity index (χ2n) is 7.85. The Morgan fingerprint density at radius 2 is 1.91 bits per heavy atom. The lowest BCUT2D eigenvalue weighted by Crippen LogP contribution is -2.31. The zero-order valence-electron chi connectivity index (χ0n) is 18.0. The van der Waals surface area contributed by atoms with Gasteiger partial charge in [0.05, 0.1) is 18.1 Å². The van der Waals surface area contributed by atoms with Gasteiger partial charge in [0.15, 0.2) is 6.10 Å². The maximum atomic E-state index is 12.4. The summed E-state index contributed by atoms with van der Waals surface area (Å²) in [7, 11) is 0. The van der Waals surface area contributed by atoms with Gasteiger partial charge in [0.2, 0.25) is 0 Å². The van der Waals surface area contributed by atoms with Crippen molar-refractivity contribution in [3.63, 3.8) is 0 Å². The molecular weight excluding hydrogens is 428 g/mol. The fourth-order valence-electron chi connectivity index (χ4n) is 3.73. The molecule has 1 saturated heterocycles. The van der Waals surface area contributed by atoms with Crippen LogP contribution < -0.4 is 15.8 Å². The van der Waals surface area contributed by atoms with E-state index in [-0.39, 0.29) is 18.5 Å². The summed E-state index contributed by atoms with van der Waals surface area (Å²) in [6.45, 7) is 3.78. The number of fused-ring (bicyclic) bond motifs is 1. The van der Waals surface area contributed by atoms with Gasteiger partial charge >= 0.3 is 5.97 Å². The summed E-state index contributed by atoms with van der Waals surface area (Å²) in [4.78, 5) is 44.2. The van der Waals surface area contributed by atoms with Crippen LogP contribution in [-0.4, -0.2) is 40.6 Å². The minimum atomic E-state index is -0.946. The summed E-state index contributed by atoms with van der Waals surface area (Å²) in [5.41, 5.74) is 1.61. The predicted molar refractivity (Wildman–Crippen MR) is 125 cm³/mol. The summed E-state index contributed by atoms with van der Waals surface area (Å²) >= 11 is 1.39. The van der Waals surface area contributed by atoms with Crippen LogP contribution >= 0.6 is 11.3 Å². The molecule has 2 aromatic heterocycles. The Hall–Kier alpha value is -3.20. The number of carbonyl (C=O) groups excluding carboxylic acids is 2. The Bertz CT molecular complexity index is 1150. The monoisotopic (exact) mass is 454 g/mol. The van der Waals surface area contributed by atoms with Crippen LogP contribution in [0.5, 0.6) is 0 Å².